The number of amides is 1. The van der Waals surface area contributed by atoms with Crippen LogP contribution >= 0.6 is 0 Å². The molecular weight excluding hydrogens is 328 g/mol. The summed E-state index contributed by atoms with van der Waals surface area (Å²) in [5, 5.41) is 8.76. The Morgan fingerprint density at radius 2 is 1.85 bits per heavy atom. The first-order valence-corrected chi connectivity index (χ1v) is 8.73. The van der Waals surface area contributed by atoms with Crippen molar-refractivity contribution in [3.8, 4) is 11.3 Å². The topological polar surface area (TPSA) is 78.0 Å². The van der Waals surface area contributed by atoms with Crippen LogP contribution in [-0.4, -0.2) is 57.2 Å². The molecule has 7 nitrogen and oxygen atoms in total. The van der Waals surface area contributed by atoms with E-state index < -0.39 is 0 Å². The van der Waals surface area contributed by atoms with Gasteiger partial charge in [-0.2, -0.15) is 0 Å². The van der Waals surface area contributed by atoms with Crippen LogP contribution in [0.2, 0.25) is 0 Å². The molecular formula is C19H20N6O. The van der Waals surface area contributed by atoms with Crippen LogP contribution in [0.3, 0.4) is 0 Å². The smallest absolute Gasteiger partial charge is 0.271 e. The Morgan fingerprint density at radius 3 is 2.58 bits per heavy atom. The van der Waals surface area contributed by atoms with E-state index in [-0.39, 0.29) is 5.91 Å². The second kappa shape index (κ2) is 7.35. The van der Waals surface area contributed by atoms with Gasteiger partial charge in [0.25, 0.3) is 5.91 Å². The fraction of sp³-hybridized carbons (Fsp3) is 0.263. The van der Waals surface area contributed by atoms with Crippen LogP contribution in [0.5, 0.6) is 0 Å². The van der Waals surface area contributed by atoms with E-state index in [1.54, 1.807) is 6.20 Å². The Labute approximate surface area is 151 Å². The normalized spacial score (nSPS) is 14.9. The van der Waals surface area contributed by atoms with Gasteiger partial charge in [0, 0.05) is 31.7 Å². The van der Waals surface area contributed by atoms with Gasteiger partial charge in [-0.1, -0.05) is 30.3 Å². The Hall–Kier alpha value is -3.22. The van der Waals surface area contributed by atoms with E-state index in [2.05, 4.69) is 25.1 Å². The third-order valence-corrected chi connectivity index (χ3v) is 4.56. The summed E-state index contributed by atoms with van der Waals surface area (Å²) in [5.41, 5.74) is 2.45. The summed E-state index contributed by atoms with van der Waals surface area (Å²) in [6.45, 7) is 2.97. The molecule has 132 valence electrons. The van der Waals surface area contributed by atoms with Crippen LogP contribution in [0, 0.1) is 0 Å². The molecule has 0 aliphatic carbocycles. The molecule has 1 aliphatic rings. The lowest BCUT2D eigenvalue weighted by molar-refractivity contribution is 0.0761. The minimum Gasteiger partial charge on any atom is -0.353 e. The van der Waals surface area contributed by atoms with E-state index in [9.17, 15) is 4.79 Å². The van der Waals surface area contributed by atoms with Crippen LogP contribution in [0.4, 0.5) is 5.82 Å². The lowest BCUT2D eigenvalue weighted by Crippen LogP contribution is -2.35. The van der Waals surface area contributed by atoms with E-state index in [1.165, 1.54) is 6.33 Å². The van der Waals surface area contributed by atoms with Gasteiger partial charge >= 0.3 is 0 Å². The zero-order valence-electron chi connectivity index (χ0n) is 14.4. The standard InChI is InChI=1S/C19H20N6O/c26-19(17-13-20-14-21-17)25-10-4-9-24(11-12-25)18-8-7-16(22-23-18)15-5-2-1-3-6-15/h1-3,5-8,13-14H,4,9-12H2,(H,20,21). The van der Waals surface area contributed by atoms with E-state index in [0.29, 0.717) is 12.2 Å². The molecule has 0 saturated carbocycles. The molecule has 0 atom stereocenters. The van der Waals surface area contributed by atoms with Gasteiger partial charge in [0.05, 0.1) is 18.2 Å². The van der Waals surface area contributed by atoms with Crippen molar-refractivity contribution < 1.29 is 4.79 Å². The highest BCUT2D eigenvalue weighted by molar-refractivity contribution is 5.92. The predicted molar refractivity (Wildman–Crippen MR) is 98.8 cm³/mol. The molecule has 1 aromatic carbocycles. The maximum atomic E-state index is 12.5. The number of rotatable bonds is 3. The molecule has 3 heterocycles. The Bertz CT molecular complexity index is 848. The molecule has 0 spiro atoms. The van der Waals surface area contributed by atoms with Gasteiger partial charge in [0.1, 0.15) is 5.69 Å². The number of carbonyl (C=O) groups is 1. The lowest BCUT2D eigenvalue weighted by Gasteiger charge is -2.22. The second-order valence-corrected chi connectivity index (χ2v) is 6.24. The molecule has 1 amide bonds. The molecule has 1 fully saturated rings. The number of benzene rings is 1. The predicted octanol–water partition coefficient (Wildman–Crippen LogP) is 2.22. The Kier molecular flexibility index (Phi) is 4.59. The molecule has 26 heavy (non-hydrogen) atoms. The first-order valence-electron chi connectivity index (χ1n) is 8.73. The number of aromatic nitrogens is 4. The average Bonchev–Trinajstić information content (AvgIpc) is 3.13. The summed E-state index contributed by atoms with van der Waals surface area (Å²) in [4.78, 5) is 23.3. The van der Waals surface area contributed by atoms with E-state index in [4.69, 9.17) is 0 Å². The highest BCUT2D eigenvalue weighted by Crippen LogP contribution is 2.19. The minimum absolute atomic E-state index is 0.00476. The quantitative estimate of drug-likeness (QED) is 0.785. The summed E-state index contributed by atoms with van der Waals surface area (Å²) in [6, 6.07) is 14.0. The van der Waals surface area contributed by atoms with Crippen LogP contribution < -0.4 is 4.90 Å². The van der Waals surface area contributed by atoms with Crippen molar-refractivity contribution in [3.63, 3.8) is 0 Å². The minimum atomic E-state index is -0.00476. The number of hydrogen-bond acceptors (Lipinski definition) is 5. The number of imidazole rings is 1. The van der Waals surface area contributed by atoms with Crippen LogP contribution in [-0.2, 0) is 0 Å². The highest BCUT2D eigenvalue weighted by atomic mass is 16.2. The van der Waals surface area contributed by atoms with E-state index in [0.717, 1.165) is 43.1 Å². The molecule has 7 heteroatoms. The van der Waals surface area contributed by atoms with E-state index >= 15 is 0 Å². The summed E-state index contributed by atoms with van der Waals surface area (Å²) in [6.07, 6.45) is 3.99. The van der Waals surface area contributed by atoms with Gasteiger partial charge in [-0.3, -0.25) is 4.79 Å². The van der Waals surface area contributed by atoms with Crippen molar-refractivity contribution >= 4 is 11.7 Å². The third kappa shape index (κ3) is 3.42. The zero-order valence-corrected chi connectivity index (χ0v) is 14.4. The lowest BCUT2D eigenvalue weighted by atomic mass is 10.1. The molecule has 0 unspecified atom stereocenters. The van der Waals surface area contributed by atoms with Crippen molar-refractivity contribution in [2.75, 3.05) is 31.1 Å². The molecule has 2 aromatic heterocycles. The average molecular weight is 348 g/mol. The first kappa shape index (κ1) is 16.3. The van der Waals surface area contributed by atoms with Crippen molar-refractivity contribution in [1.82, 2.24) is 25.1 Å². The zero-order chi connectivity index (χ0) is 17.8. The third-order valence-electron chi connectivity index (χ3n) is 4.56. The molecule has 0 bridgehead atoms. The SMILES string of the molecule is O=C(c1cnc[nH]1)N1CCCN(c2ccc(-c3ccccc3)nn2)CC1. The molecule has 3 aromatic rings. The summed E-state index contributed by atoms with van der Waals surface area (Å²) >= 11 is 0. The summed E-state index contributed by atoms with van der Waals surface area (Å²) < 4.78 is 0. The molecule has 1 aliphatic heterocycles. The monoisotopic (exact) mass is 348 g/mol. The summed E-state index contributed by atoms with van der Waals surface area (Å²) in [7, 11) is 0. The van der Waals surface area contributed by atoms with Gasteiger partial charge in [0.15, 0.2) is 5.82 Å². The number of nitrogens with one attached hydrogen (secondary N) is 1. The fourth-order valence-corrected chi connectivity index (χ4v) is 3.15. The first-order chi connectivity index (χ1) is 12.8. The van der Waals surface area contributed by atoms with Crippen molar-refractivity contribution in [1.29, 1.82) is 0 Å². The van der Waals surface area contributed by atoms with Crippen molar-refractivity contribution in [2.24, 2.45) is 0 Å². The molecule has 4 rings (SSSR count). The Morgan fingerprint density at radius 1 is 0.962 bits per heavy atom. The van der Waals surface area contributed by atoms with Crippen LogP contribution in [0.25, 0.3) is 11.3 Å². The van der Waals surface area contributed by atoms with Crippen LogP contribution in [0.15, 0.2) is 55.0 Å². The second-order valence-electron chi connectivity index (χ2n) is 6.24. The van der Waals surface area contributed by atoms with Gasteiger partial charge < -0.3 is 14.8 Å². The maximum Gasteiger partial charge on any atom is 0.271 e. The number of H-pyrrole nitrogens is 1. The molecule has 1 N–H and O–H groups in total. The number of aromatic amines is 1. The van der Waals surface area contributed by atoms with Crippen molar-refractivity contribution in [3.05, 3.63) is 60.7 Å². The Balaban J connectivity index is 1.43. The van der Waals surface area contributed by atoms with Gasteiger partial charge in [0.2, 0.25) is 0 Å². The van der Waals surface area contributed by atoms with Crippen molar-refractivity contribution in [2.45, 2.75) is 6.42 Å². The van der Waals surface area contributed by atoms with E-state index in [1.807, 2.05) is 47.4 Å². The maximum absolute atomic E-state index is 12.5. The fourth-order valence-electron chi connectivity index (χ4n) is 3.15. The van der Waals surface area contributed by atoms with Gasteiger partial charge in [-0.15, -0.1) is 10.2 Å². The number of anilines is 1. The highest BCUT2D eigenvalue weighted by Gasteiger charge is 2.21. The van der Waals surface area contributed by atoms with Gasteiger partial charge in [-0.25, -0.2) is 4.98 Å². The molecule has 0 radical (unpaired) electrons. The summed E-state index contributed by atoms with van der Waals surface area (Å²) in [5.74, 6) is 0.843. The molecule has 1 saturated heterocycles. The number of hydrogen-bond donors (Lipinski definition) is 1. The number of nitrogens with zero attached hydrogens (tertiary/aromatic N) is 5. The van der Waals surface area contributed by atoms with Gasteiger partial charge in [-0.05, 0) is 18.6 Å². The largest absolute Gasteiger partial charge is 0.353 e. The van der Waals surface area contributed by atoms with Crippen LogP contribution in [0.1, 0.15) is 16.9 Å². The number of carbonyl (C=O) groups excluding carboxylic acids is 1.